The summed E-state index contributed by atoms with van der Waals surface area (Å²) in [5, 5.41) is 6.62. The van der Waals surface area contributed by atoms with Crippen LogP contribution in [-0.4, -0.2) is 44.0 Å². The zero-order chi connectivity index (χ0) is 21.3. The average Bonchev–Trinajstić information content (AvgIpc) is 3.20. The van der Waals surface area contributed by atoms with Crippen molar-refractivity contribution >= 4 is 35.8 Å². The first-order valence-electron chi connectivity index (χ1n) is 10.5. The molecule has 1 heterocycles. The zero-order valence-corrected chi connectivity index (χ0v) is 20.9. The molecule has 1 amide bonds. The molecule has 0 aliphatic carbocycles. The van der Waals surface area contributed by atoms with E-state index in [1.165, 1.54) is 16.7 Å². The molecule has 31 heavy (non-hydrogen) atoms. The lowest BCUT2D eigenvalue weighted by atomic mass is 10.1. The van der Waals surface area contributed by atoms with Crippen LogP contribution in [0.4, 0.5) is 0 Å². The summed E-state index contributed by atoms with van der Waals surface area (Å²) in [6, 6.07) is 14.6. The van der Waals surface area contributed by atoms with Crippen molar-refractivity contribution in [3.63, 3.8) is 0 Å². The number of halogens is 1. The highest BCUT2D eigenvalue weighted by atomic mass is 127. The minimum atomic E-state index is 0. The van der Waals surface area contributed by atoms with Crippen molar-refractivity contribution in [2.24, 2.45) is 4.99 Å². The molecule has 1 aliphatic rings. The van der Waals surface area contributed by atoms with Crippen LogP contribution < -0.4 is 15.4 Å². The summed E-state index contributed by atoms with van der Waals surface area (Å²) in [7, 11) is 3.46. The van der Waals surface area contributed by atoms with Crippen molar-refractivity contribution in [2.75, 3.05) is 27.2 Å². The molecule has 0 radical (unpaired) electrons. The minimum absolute atomic E-state index is 0. The molecule has 2 N–H and O–H groups in total. The molecule has 3 rings (SSSR count). The maximum atomic E-state index is 12.5. The normalized spacial score (nSPS) is 12.7. The number of rotatable bonds is 8. The van der Waals surface area contributed by atoms with Crippen molar-refractivity contribution < 1.29 is 9.53 Å². The predicted molar refractivity (Wildman–Crippen MR) is 136 cm³/mol. The van der Waals surface area contributed by atoms with E-state index in [0.29, 0.717) is 13.0 Å². The number of guanidine groups is 1. The molecule has 0 aromatic heterocycles. The molecule has 0 spiro atoms. The van der Waals surface area contributed by atoms with Gasteiger partial charge < -0.3 is 20.3 Å². The summed E-state index contributed by atoms with van der Waals surface area (Å²) in [5.41, 5.74) is 4.89. The topological polar surface area (TPSA) is 66.0 Å². The number of benzene rings is 2. The maximum Gasteiger partial charge on any atom is 0.223 e. The van der Waals surface area contributed by atoms with Crippen molar-refractivity contribution in [3.05, 3.63) is 64.7 Å². The molecule has 0 saturated carbocycles. The Balaban J connectivity index is 0.00000341. The summed E-state index contributed by atoms with van der Waals surface area (Å²) in [4.78, 5) is 18.7. The predicted octanol–water partition coefficient (Wildman–Crippen LogP) is 3.65. The number of ether oxygens (including phenoxy) is 1. The van der Waals surface area contributed by atoms with Gasteiger partial charge in [0.25, 0.3) is 0 Å². The highest BCUT2D eigenvalue weighted by Gasteiger charge is 2.22. The quantitative estimate of drug-likeness (QED) is 0.234. The van der Waals surface area contributed by atoms with E-state index in [9.17, 15) is 4.79 Å². The number of amides is 1. The maximum absolute atomic E-state index is 12.5. The Morgan fingerprint density at radius 3 is 2.42 bits per heavy atom. The standard InChI is InChI=1S/C24H32N4O2.HI/c1-18-10-11-19(15-22(18)30-3)12-14-27-24(25-2)26-13-6-9-23(29)28-16-20-7-4-5-8-21(20)17-28;/h4-5,7-8,10-11,15H,6,9,12-14,16-17H2,1-3H3,(H2,25,26,27);1H. The first kappa shape index (κ1) is 25.0. The van der Waals surface area contributed by atoms with Gasteiger partial charge in [0.2, 0.25) is 5.91 Å². The zero-order valence-electron chi connectivity index (χ0n) is 18.6. The number of fused-ring (bicyclic) bond motifs is 1. The highest BCUT2D eigenvalue weighted by molar-refractivity contribution is 14.0. The minimum Gasteiger partial charge on any atom is -0.496 e. The molecule has 6 nitrogen and oxygen atoms in total. The summed E-state index contributed by atoms with van der Waals surface area (Å²) < 4.78 is 5.39. The Kier molecular flexibility index (Phi) is 10.1. The molecule has 7 heteroatoms. The van der Waals surface area contributed by atoms with E-state index in [1.54, 1.807) is 14.2 Å². The Bertz CT molecular complexity index is 876. The molecule has 0 fully saturated rings. The van der Waals surface area contributed by atoms with Crippen molar-refractivity contribution in [1.29, 1.82) is 0 Å². The molecule has 2 aromatic rings. The summed E-state index contributed by atoms with van der Waals surface area (Å²) in [5.74, 6) is 1.89. The first-order valence-corrected chi connectivity index (χ1v) is 10.5. The van der Waals surface area contributed by atoms with Gasteiger partial charge in [-0.2, -0.15) is 0 Å². The number of nitrogens with one attached hydrogen (secondary N) is 2. The Morgan fingerprint density at radius 1 is 1.10 bits per heavy atom. The van der Waals surface area contributed by atoms with Gasteiger partial charge in [0.1, 0.15) is 5.75 Å². The van der Waals surface area contributed by atoms with Gasteiger partial charge in [0.05, 0.1) is 7.11 Å². The third kappa shape index (κ3) is 7.12. The lowest BCUT2D eigenvalue weighted by molar-refractivity contribution is -0.131. The number of aliphatic imine (C=N–C) groups is 1. The number of hydrogen-bond acceptors (Lipinski definition) is 3. The van der Waals surface area contributed by atoms with E-state index in [2.05, 4.69) is 46.0 Å². The van der Waals surface area contributed by atoms with Crippen molar-refractivity contribution in [1.82, 2.24) is 15.5 Å². The van der Waals surface area contributed by atoms with Gasteiger partial charge in [-0.25, -0.2) is 0 Å². The van der Waals surface area contributed by atoms with E-state index >= 15 is 0 Å². The van der Waals surface area contributed by atoms with Gasteiger partial charge >= 0.3 is 0 Å². The van der Waals surface area contributed by atoms with Crippen molar-refractivity contribution in [2.45, 2.75) is 39.3 Å². The number of aryl methyl sites for hydroxylation is 1. The fourth-order valence-corrected chi connectivity index (χ4v) is 3.68. The van der Waals surface area contributed by atoms with Gasteiger partial charge in [0, 0.05) is 39.6 Å². The van der Waals surface area contributed by atoms with Crippen LogP contribution in [0.2, 0.25) is 0 Å². The molecule has 1 aliphatic heterocycles. The first-order chi connectivity index (χ1) is 14.6. The monoisotopic (exact) mass is 536 g/mol. The second kappa shape index (κ2) is 12.5. The Hall–Kier alpha value is -2.29. The van der Waals surface area contributed by atoms with E-state index < -0.39 is 0 Å². The molecular formula is C24H33IN4O2. The number of carbonyl (C=O) groups is 1. The molecule has 0 unspecified atom stereocenters. The fraction of sp³-hybridized carbons (Fsp3) is 0.417. The van der Waals surface area contributed by atoms with Gasteiger partial charge in [-0.3, -0.25) is 9.79 Å². The van der Waals surface area contributed by atoms with Crippen LogP contribution in [0.3, 0.4) is 0 Å². The lowest BCUT2D eigenvalue weighted by Gasteiger charge is -2.16. The van der Waals surface area contributed by atoms with Crippen LogP contribution in [-0.2, 0) is 24.3 Å². The fourth-order valence-electron chi connectivity index (χ4n) is 3.68. The summed E-state index contributed by atoms with van der Waals surface area (Å²) in [6.07, 6.45) is 2.20. The molecule has 168 valence electrons. The molecule has 0 bridgehead atoms. The largest absolute Gasteiger partial charge is 0.496 e. The van der Waals surface area contributed by atoms with Crippen LogP contribution in [0.15, 0.2) is 47.5 Å². The molecule has 0 saturated heterocycles. The van der Waals surface area contributed by atoms with Crippen LogP contribution in [0.25, 0.3) is 0 Å². The van der Waals surface area contributed by atoms with Gasteiger partial charge in [-0.05, 0) is 48.1 Å². The number of carbonyl (C=O) groups excluding carboxylic acids is 1. The van der Waals surface area contributed by atoms with E-state index in [0.717, 1.165) is 49.7 Å². The summed E-state index contributed by atoms with van der Waals surface area (Å²) in [6.45, 7) is 4.99. The van der Waals surface area contributed by atoms with Crippen LogP contribution >= 0.6 is 24.0 Å². The summed E-state index contributed by atoms with van der Waals surface area (Å²) >= 11 is 0. The van der Waals surface area contributed by atoms with Crippen LogP contribution in [0.5, 0.6) is 5.75 Å². The van der Waals surface area contributed by atoms with Gasteiger partial charge in [0.15, 0.2) is 5.96 Å². The van der Waals surface area contributed by atoms with Gasteiger partial charge in [-0.1, -0.05) is 36.4 Å². The smallest absolute Gasteiger partial charge is 0.223 e. The Labute approximate surface area is 202 Å². The SMILES string of the molecule is CN=C(NCCCC(=O)N1Cc2ccccc2C1)NCCc1ccc(C)c(OC)c1.I. The molecule has 0 atom stereocenters. The molecule has 2 aromatic carbocycles. The van der Waals surface area contributed by atoms with Crippen molar-refractivity contribution in [3.8, 4) is 5.75 Å². The van der Waals surface area contributed by atoms with E-state index in [1.807, 2.05) is 24.0 Å². The third-order valence-corrected chi connectivity index (χ3v) is 5.46. The highest BCUT2D eigenvalue weighted by Crippen LogP contribution is 2.23. The number of methoxy groups -OCH3 is 1. The molecular weight excluding hydrogens is 503 g/mol. The number of nitrogens with zero attached hydrogens (tertiary/aromatic N) is 2. The van der Waals surface area contributed by atoms with Gasteiger partial charge in [-0.15, -0.1) is 24.0 Å². The average molecular weight is 536 g/mol. The lowest BCUT2D eigenvalue weighted by Crippen LogP contribution is -2.39. The second-order valence-electron chi connectivity index (χ2n) is 7.60. The number of hydrogen-bond donors (Lipinski definition) is 2. The second-order valence-corrected chi connectivity index (χ2v) is 7.60. The van der Waals surface area contributed by atoms with E-state index in [-0.39, 0.29) is 29.9 Å². The van der Waals surface area contributed by atoms with Crippen LogP contribution in [0, 0.1) is 6.92 Å². The third-order valence-electron chi connectivity index (χ3n) is 5.46. The van der Waals surface area contributed by atoms with Crippen LogP contribution in [0.1, 0.15) is 35.1 Å². The van der Waals surface area contributed by atoms with E-state index in [4.69, 9.17) is 4.74 Å². The Morgan fingerprint density at radius 2 is 1.77 bits per heavy atom.